The van der Waals surface area contributed by atoms with Gasteiger partial charge in [0.15, 0.2) is 0 Å². The van der Waals surface area contributed by atoms with Gasteiger partial charge in [0, 0.05) is 19.2 Å². The summed E-state index contributed by atoms with van der Waals surface area (Å²) in [6.45, 7) is 3.39. The molecule has 8 heteroatoms. The van der Waals surface area contributed by atoms with Crippen LogP contribution in [0.1, 0.15) is 52.5 Å². The van der Waals surface area contributed by atoms with E-state index in [0.717, 1.165) is 50.0 Å². The maximum Gasteiger partial charge on any atom is 0.292 e. The fraction of sp³-hybridized carbons (Fsp3) is 0.308. The summed E-state index contributed by atoms with van der Waals surface area (Å²) in [5.74, 6) is 0.245. The predicted octanol–water partition coefficient (Wildman–Crippen LogP) is 4.28. The molecule has 7 nitrogen and oxygen atoms in total. The Morgan fingerprint density at radius 1 is 1.15 bits per heavy atom. The second kappa shape index (κ2) is 11.3. The van der Waals surface area contributed by atoms with Crippen LogP contribution in [-0.4, -0.2) is 40.6 Å². The fourth-order valence-electron chi connectivity index (χ4n) is 3.98. The van der Waals surface area contributed by atoms with E-state index in [2.05, 4.69) is 26.4 Å². The Labute approximate surface area is 197 Å². The zero-order valence-corrected chi connectivity index (χ0v) is 18.8. The molecular weight excluding hydrogens is 433 g/mol. The quantitative estimate of drug-likeness (QED) is 0.540. The van der Waals surface area contributed by atoms with Crippen LogP contribution in [-0.2, 0) is 6.54 Å². The molecule has 0 atom stereocenters. The first-order valence-electron chi connectivity index (χ1n) is 11.4. The molecule has 0 bridgehead atoms. The lowest BCUT2D eigenvalue weighted by Crippen LogP contribution is -2.35. The minimum atomic E-state index is -0.351. The molecule has 34 heavy (non-hydrogen) atoms. The van der Waals surface area contributed by atoms with Gasteiger partial charge in [-0.3, -0.25) is 9.69 Å². The summed E-state index contributed by atoms with van der Waals surface area (Å²) in [5.41, 5.74) is 2.59. The van der Waals surface area contributed by atoms with Gasteiger partial charge in [0.1, 0.15) is 5.82 Å². The number of aromatic nitrogens is 2. The molecule has 1 aliphatic rings. The number of halogens is 1. The van der Waals surface area contributed by atoms with Crippen LogP contribution in [0.4, 0.5) is 4.39 Å². The lowest BCUT2D eigenvalue weighted by Gasteiger charge is -2.32. The van der Waals surface area contributed by atoms with E-state index in [1.54, 1.807) is 24.3 Å². The van der Waals surface area contributed by atoms with E-state index in [1.807, 2.05) is 24.3 Å². The van der Waals surface area contributed by atoms with Gasteiger partial charge in [-0.05, 0) is 79.7 Å². The number of hydrogen-bond acceptors (Lipinski definition) is 6. The van der Waals surface area contributed by atoms with Crippen LogP contribution in [0.3, 0.4) is 0 Å². The SMILES string of the molecule is N#Cc1ccc(/C=C/c2nc(C(=O)NCCC3CCN(Cc4ccc(F)cc4)CC3)no2)cc1. The number of nitrogens with zero attached hydrogens (tertiary/aromatic N) is 4. The summed E-state index contributed by atoms with van der Waals surface area (Å²) in [5, 5.41) is 15.5. The van der Waals surface area contributed by atoms with E-state index in [4.69, 9.17) is 9.78 Å². The summed E-state index contributed by atoms with van der Waals surface area (Å²) in [7, 11) is 0. The Morgan fingerprint density at radius 3 is 2.59 bits per heavy atom. The normalized spacial score (nSPS) is 14.8. The number of carbonyl (C=O) groups excluding carboxylic acids is 1. The molecule has 3 aromatic rings. The molecule has 0 saturated carbocycles. The second-order valence-corrected chi connectivity index (χ2v) is 8.41. The van der Waals surface area contributed by atoms with Gasteiger partial charge in [0.25, 0.3) is 17.6 Å². The van der Waals surface area contributed by atoms with Gasteiger partial charge in [-0.25, -0.2) is 4.39 Å². The number of amides is 1. The number of likely N-dealkylation sites (tertiary alicyclic amines) is 1. The summed E-state index contributed by atoms with van der Waals surface area (Å²) in [6.07, 6.45) is 6.45. The van der Waals surface area contributed by atoms with Crippen molar-refractivity contribution in [1.82, 2.24) is 20.4 Å². The molecule has 2 aromatic carbocycles. The van der Waals surface area contributed by atoms with Gasteiger partial charge < -0.3 is 9.84 Å². The van der Waals surface area contributed by atoms with Crippen molar-refractivity contribution in [2.45, 2.75) is 25.8 Å². The van der Waals surface area contributed by atoms with Crippen LogP contribution in [0.5, 0.6) is 0 Å². The number of rotatable bonds is 8. The fourth-order valence-corrected chi connectivity index (χ4v) is 3.98. The molecule has 1 fully saturated rings. The van der Waals surface area contributed by atoms with Crippen LogP contribution in [0, 0.1) is 23.1 Å². The Morgan fingerprint density at radius 2 is 1.88 bits per heavy atom. The molecule has 1 aromatic heterocycles. The van der Waals surface area contributed by atoms with E-state index < -0.39 is 0 Å². The molecule has 0 aliphatic carbocycles. The van der Waals surface area contributed by atoms with E-state index in [0.29, 0.717) is 18.0 Å². The third-order valence-corrected chi connectivity index (χ3v) is 5.97. The van der Waals surface area contributed by atoms with Crippen molar-refractivity contribution in [2.24, 2.45) is 5.92 Å². The average molecular weight is 460 g/mol. The Balaban J connectivity index is 1.17. The first-order chi connectivity index (χ1) is 16.6. The van der Waals surface area contributed by atoms with Crippen molar-refractivity contribution in [2.75, 3.05) is 19.6 Å². The van der Waals surface area contributed by atoms with Gasteiger partial charge >= 0.3 is 0 Å². The van der Waals surface area contributed by atoms with Gasteiger partial charge in [0.05, 0.1) is 11.6 Å². The summed E-state index contributed by atoms with van der Waals surface area (Å²) in [6, 6.07) is 15.8. The summed E-state index contributed by atoms with van der Waals surface area (Å²) >= 11 is 0. The monoisotopic (exact) mass is 459 g/mol. The molecule has 4 rings (SSSR count). The van der Waals surface area contributed by atoms with Crippen molar-refractivity contribution < 1.29 is 13.7 Å². The highest BCUT2D eigenvalue weighted by Crippen LogP contribution is 2.21. The van der Waals surface area contributed by atoms with E-state index in [1.165, 1.54) is 12.1 Å². The van der Waals surface area contributed by atoms with Crippen LogP contribution in [0.15, 0.2) is 53.1 Å². The van der Waals surface area contributed by atoms with E-state index in [9.17, 15) is 9.18 Å². The highest BCUT2D eigenvalue weighted by Gasteiger charge is 2.20. The topological polar surface area (TPSA) is 95.0 Å². The van der Waals surface area contributed by atoms with Crippen molar-refractivity contribution >= 4 is 18.1 Å². The highest BCUT2D eigenvalue weighted by atomic mass is 19.1. The third-order valence-electron chi connectivity index (χ3n) is 5.97. The largest absolute Gasteiger partial charge is 0.349 e. The minimum Gasteiger partial charge on any atom is -0.349 e. The summed E-state index contributed by atoms with van der Waals surface area (Å²) < 4.78 is 18.2. The molecule has 1 amide bonds. The van der Waals surface area contributed by atoms with Gasteiger partial charge in [0.2, 0.25) is 0 Å². The van der Waals surface area contributed by atoms with Crippen molar-refractivity contribution in [3.05, 3.63) is 82.8 Å². The molecule has 1 aliphatic heterocycles. The standard InChI is InChI=1S/C26H26FN5O2/c27-23-8-5-22(6-9-23)18-32-15-12-20(13-16-32)11-14-29-26(33)25-30-24(34-31-25)10-7-19-1-3-21(17-28)4-2-19/h1-10,20H,11-16,18H2,(H,29,33)/b10-7+. The average Bonchev–Trinajstić information content (AvgIpc) is 3.35. The Kier molecular flexibility index (Phi) is 7.79. The number of carbonyl (C=O) groups is 1. The number of nitrogens with one attached hydrogen (secondary N) is 1. The molecule has 1 saturated heterocycles. The smallest absolute Gasteiger partial charge is 0.292 e. The molecule has 174 valence electrons. The first kappa shape index (κ1) is 23.3. The van der Waals surface area contributed by atoms with Gasteiger partial charge in [-0.15, -0.1) is 0 Å². The van der Waals surface area contributed by atoms with Crippen molar-refractivity contribution in [3.8, 4) is 6.07 Å². The second-order valence-electron chi connectivity index (χ2n) is 8.41. The maximum atomic E-state index is 13.1. The van der Waals surface area contributed by atoms with Crippen molar-refractivity contribution in [1.29, 1.82) is 5.26 Å². The zero-order valence-electron chi connectivity index (χ0n) is 18.8. The minimum absolute atomic E-state index is 0.00796. The van der Waals surface area contributed by atoms with Gasteiger partial charge in [-0.2, -0.15) is 10.2 Å². The zero-order chi connectivity index (χ0) is 23.8. The molecule has 0 spiro atoms. The van der Waals surface area contributed by atoms with Crippen LogP contribution in [0.25, 0.3) is 12.2 Å². The molecule has 0 unspecified atom stereocenters. The van der Waals surface area contributed by atoms with Gasteiger partial charge in [-0.1, -0.05) is 29.4 Å². The molecular formula is C26H26FN5O2. The Hall–Kier alpha value is -3.83. The van der Waals surface area contributed by atoms with Crippen molar-refractivity contribution in [3.63, 3.8) is 0 Å². The maximum absolute atomic E-state index is 13.1. The molecule has 0 radical (unpaired) electrons. The lowest BCUT2D eigenvalue weighted by molar-refractivity contribution is 0.0934. The van der Waals surface area contributed by atoms with Crippen LogP contribution >= 0.6 is 0 Å². The lowest BCUT2D eigenvalue weighted by atomic mass is 9.93. The number of nitriles is 1. The molecule has 1 N–H and O–H groups in total. The number of hydrogen-bond donors (Lipinski definition) is 1. The third kappa shape index (κ3) is 6.59. The number of benzene rings is 2. The number of piperidine rings is 1. The predicted molar refractivity (Wildman–Crippen MR) is 126 cm³/mol. The summed E-state index contributed by atoms with van der Waals surface area (Å²) in [4.78, 5) is 18.8. The van der Waals surface area contributed by atoms with E-state index in [-0.39, 0.29) is 23.4 Å². The van der Waals surface area contributed by atoms with Crippen LogP contribution < -0.4 is 5.32 Å². The van der Waals surface area contributed by atoms with E-state index >= 15 is 0 Å². The first-order valence-corrected chi connectivity index (χ1v) is 11.4. The van der Waals surface area contributed by atoms with Crippen LogP contribution in [0.2, 0.25) is 0 Å². The Bertz CT molecular complexity index is 1160. The molecule has 2 heterocycles. The highest BCUT2D eigenvalue weighted by molar-refractivity contribution is 5.90.